The van der Waals surface area contributed by atoms with Gasteiger partial charge in [0.25, 0.3) is 0 Å². The summed E-state index contributed by atoms with van der Waals surface area (Å²) in [6.45, 7) is 5.14. The third kappa shape index (κ3) is 9.99. The number of amidine groups is 1. The molecule has 42 heavy (non-hydrogen) atoms. The number of amides is 1. The first-order valence-electron chi connectivity index (χ1n) is 16.1. The maximum absolute atomic E-state index is 12.6. The van der Waals surface area contributed by atoms with Gasteiger partial charge in [-0.05, 0) is 54.0 Å². The molecule has 0 radical (unpaired) electrons. The number of nitrogens with zero attached hydrogens (tertiary/aromatic N) is 3. The predicted octanol–water partition coefficient (Wildman–Crippen LogP) is 9.30. The highest BCUT2D eigenvalue weighted by Gasteiger charge is 2.28. The normalized spacial score (nSPS) is 13.4. The lowest BCUT2D eigenvalue weighted by atomic mass is 10.1. The number of hydrogen-bond donors (Lipinski definition) is 0. The maximum Gasteiger partial charge on any atom is 0.247 e. The van der Waals surface area contributed by atoms with Gasteiger partial charge in [0, 0.05) is 18.8 Å². The number of carbonyl (C=O) groups is 1. The van der Waals surface area contributed by atoms with Crippen molar-refractivity contribution < 1.29 is 9.53 Å². The zero-order valence-corrected chi connectivity index (χ0v) is 25.7. The van der Waals surface area contributed by atoms with Crippen LogP contribution in [0.4, 0.5) is 5.69 Å². The number of rotatable bonds is 19. The van der Waals surface area contributed by atoms with Gasteiger partial charge in [-0.1, -0.05) is 107 Å². The molecule has 5 nitrogen and oxygen atoms in total. The number of anilines is 1. The number of hydrogen-bond acceptors (Lipinski definition) is 4. The lowest BCUT2D eigenvalue weighted by molar-refractivity contribution is -0.116. The van der Waals surface area contributed by atoms with Crippen molar-refractivity contribution in [1.82, 2.24) is 4.90 Å². The maximum atomic E-state index is 12.6. The Morgan fingerprint density at radius 3 is 2.24 bits per heavy atom. The van der Waals surface area contributed by atoms with Crippen LogP contribution < -0.4 is 9.64 Å². The molecule has 0 aromatic heterocycles. The van der Waals surface area contributed by atoms with Crippen molar-refractivity contribution in [2.45, 2.75) is 104 Å². The van der Waals surface area contributed by atoms with Gasteiger partial charge in [-0.25, -0.2) is 4.90 Å². The Balaban J connectivity index is 1.16. The topological polar surface area (TPSA) is 45.1 Å². The van der Waals surface area contributed by atoms with Gasteiger partial charge in [-0.3, -0.25) is 4.79 Å². The van der Waals surface area contributed by atoms with Gasteiger partial charge in [-0.2, -0.15) is 0 Å². The van der Waals surface area contributed by atoms with Gasteiger partial charge in [0.15, 0.2) is 6.20 Å². The Morgan fingerprint density at radius 2 is 1.55 bits per heavy atom. The van der Waals surface area contributed by atoms with Gasteiger partial charge >= 0.3 is 0 Å². The van der Waals surface area contributed by atoms with E-state index in [1.165, 1.54) is 70.6 Å². The molecule has 0 N–H and O–H groups in total. The smallest absolute Gasteiger partial charge is 0.247 e. The average molecular weight is 567 g/mol. The summed E-state index contributed by atoms with van der Waals surface area (Å²) >= 11 is 0. The molecule has 4 rings (SSSR count). The molecule has 0 unspecified atom stereocenters. The van der Waals surface area contributed by atoms with E-state index >= 15 is 0 Å². The first-order valence-corrected chi connectivity index (χ1v) is 16.1. The molecule has 1 amide bonds. The highest BCUT2D eigenvalue weighted by molar-refractivity contribution is 5.92. The fraction of sp³-hybridized carbons (Fsp3) is 0.459. The molecule has 222 valence electrons. The summed E-state index contributed by atoms with van der Waals surface area (Å²) in [6, 6.07) is 16.3. The van der Waals surface area contributed by atoms with E-state index in [9.17, 15) is 4.79 Å². The van der Waals surface area contributed by atoms with Crippen molar-refractivity contribution in [2.75, 3.05) is 11.5 Å². The zero-order chi connectivity index (χ0) is 29.4. The molecule has 5 heteroatoms. The Bertz CT molecular complexity index is 1240. The highest BCUT2D eigenvalue weighted by atomic mass is 16.5. The predicted molar refractivity (Wildman–Crippen MR) is 174 cm³/mol. The molecule has 0 saturated heterocycles. The third-order valence-electron chi connectivity index (χ3n) is 7.93. The van der Waals surface area contributed by atoms with Crippen LogP contribution in [-0.2, 0) is 17.8 Å². The van der Waals surface area contributed by atoms with Gasteiger partial charge in [0.2, 0.25) is 17.4 Å². The lowest BCUT2D eigenvalue weighted by Gasteiger charge is -2.22. The van der Waals surface area contributed by atoms with Crippen molar-refractivity contribution >= 4 is 17.4 Å². The largest absolute Gasteiger partial charge is 0.494 e. The van der Waals surface area contributed by atoms with Gasteiger partial charge in [0.05, 0.1) is 25.6 Å². The van der Waals surface area contributed by atoms with E-state index in [4.69, 9.17) is 4.74 Å². The van der Waals surface area contributed by atoms with E-state index in [-0.39, 0.29) is 5.91 Å². The highest BCUT2D eigenvalue weighted by Crippen LogP contribution is 2.24. The molecular weight excluding hydrogens is 518 g/mol. The van der Waals surface area contributed by atoms with Crippen molar-refractivity contribution in [1.29, 1.82) is 0 Å². The van der Waals surface area contributed by atoms with E-state index in [0.717, 1.165) is 47.1 Å². The quantitative estimate of drug-likeness (QED) is 0.126. The second kappa shape index (κ2) is 17.3. The van der Waals surface area contributed by atoms with E-state index in [0.29, 0.717) is 13.0 Å². The first kappa shape index (κ1) is 31.3. The third-order valence-corrected chi connectivity index (χ3v) is 7.93. The number of aliphatic imine (C=N–C) groups is 1. The molecule has 0 atom stereocenters. The Labute approximate surface area is 253 Å². The molecule has 2 aromatic rings. The minimum Gasteiger partial charge on any atom is -0.494 e. The molecule has 2 aliphatic rings. The van der Waals surface area contributed by atoms with Gasteiger partial charge in [-0.15, -0.1) is 0 Å². The zero-order valence-electron chi connectivity index (χ0n) is 25.7. The number of carbonyl (C=O) groups excluding carboxylic acids is 1. The second-order valence-corrected chi connectivity index (χ2v) is 11.4. The van der Waals surface area contributed by atoms with E-state index in [1.54, 1.807) is 6.92 Å². The van der Waals surface area contributed by atoms with Crippen LogP contribution in [0.1, 0.15) is 102 Å². The minimum atomic E-state index is 0.0133. The monoisotopic (exact) mass is 566 g/mol. The van der Waals surface area contributed by atoms with Crippen molar-refractivity contribution in [3.63, 3.8) is 0 Å². The number of allylic oxidation sites excluding steroid dienone is 3. The Morgan fingerprint density at radius 1 is 0.857 bits per heavy atom. The van der Waals surface area contributed by atoms with Gasteiger partial charge < -0.3 is 9.64 Å². The van der Waals surface area contributed by atoms with E-state index < -0.39 is 0 Å². The average Bonchev–Trinajstić information content (AvgIpc) is 3.41. The summed E-state index contributed by atoms with van der Waals surface area (Å²) in [5.74, 6) is 1.83. The fourth-order valence-electron chi connectivity index (χ4n) is 5.47. The van der Waals surface area contributed by atoms with Crippen LogP contribution in [-0.4, -0.2) is 23.2 Å². The van der Waals surface area contributed by atoms with E-state index in [2.05, 4.69) is 47.3 Å². The molecule has 0 spiro atoms. The Hall–Kier alpha value is -3.69. The summed E-state index contributed by atoms with van der Waals surface area (Å²) in [5.41, 5.74) is 4.04. The van der Waals surface area contributed by atoms with Crippen LogP contribution >= 0.6 is 0 Å². The van der Waals surface area contributed by atoms with Crippen molar-refractivity contribution in [2.24, 2.45) is 4.99 Å². The van der Waals surface area contributed by atoms with Gasteiger partial charge in [0.1, 0.15) is 5.75 Å². The van der Waals surface area contributed by atoms with Crippen LogP contribution in [0, 0.1) is 6.20 Å². The van der Waals surface area contributed by atoms with Crippen LogP contribution in [0.2, 0.25) is 0 Å². The summed E-state index contributed by atoms with van der Waals surface area (Å²) in [5, 5.41) is 0. The molecular formula is C37H48N3O2+. The summed E-state index contributed by atoms with van der Waals surface area (Å²) in [4.78, 5) is 20.9. The van der Waals surface area contributed by atoms with E-state index in [1.807, 2.05) is 53.6 Å². The number of ether oxygens (including phenoxy) is 1. The summed E-state index contributed by atoms with van der Waals surface area (Å²) < 4.78 is 6.07. The minimum absolute atomic E-state index is 0.0133. The van der Waals surface area contributed by atoms with Crippen LogP contribution in [0.15, 0.2) is 83.6 Å². The molecule has 0 saturated carbocycles. The molecule has 0 bridgehead atoms. The SMILES string of the molecule is CCCCCCCCCCCCCCOc1cccc(CN(C(C)=O)c2ccc(CC3=N[C+]=C4C=CC=CN43)cc2)c1. The van der Waals surface area contributed by atoms with Crippen LogP contribution in [0.25, 0.3) is 0 Å². The molecule has 2 aliphatic heterocycles. The molecule has 2 heterocycles. The molecule has 0 aliphatic carbocycles. The number of unbranched alkanes of at least 4 members (excludes halogenated alkanes) is 11. The number of benzene rings is 2. The summed E-state index contributed by atoms with van der Waals surface area (Å²) in [6.07, 6.45) is 27.8. The van der Waals surface area contributed by atoms with Crippen LogP contribution in [0.5, 0.6) is 5.75 Å². The molecule has 0 fully saturated rings. The second-order valence-electron chi connectivity index (χ2n) is 11.4. The molecule has 2 aromatic carbocycles. The Kier molecular flexibility index (Phi) is 12.9. The van der Waals surface area contributed by atoms with Crippen molar-refractivity contribution in [3.05, 3.63) is 96.0 Å². The standard InChI is InChI=1S/C37H48N3O2/c1-3-4-5-6-7-8-9-10-11-12-13-16-26-42-36-20-17-18-33(27-36)30-40(31(2)41)34-23-21-32(22-24-34)28-37-38-29-35-19-14-15-25-39(35)37/h14-15,17-25,27H,3-13,16,26,28,30H2,1-2H3/q+1. The van der Waals surface area contributed by atoms with Crippen LogP contribution in [0.3, 0.4) is 0 Å². The van der Waals surface area contributed by atoms with Crippen molar-refractivity contribution in [3.8, 4) is 5.75 Å². The number of fused-ring (bicyclic) bond motifs is 1. The lowest BCUT2D eigenvalue weighted by Crippen LogP contribution is -2.28. The first-order chi connectivity index (χ1) is 20.6. The summed E-state index contributed by atoms with van der Waals surface area (Å²) in [7, 11) is 0. The fourth-order valence-corrected chi connectivity index (χ4v) is 5.47.